The van der Waals surface area contributed by atoms with Crippen molar-refractivity contribution in [2.75, 3.05) is 5.32 Å². The van der Waals surface area contributed by atoms with Crippen molar-refractivity contribution in [3.05, 3.63) is 59.8 Å². The van der Waals surface area contributed by atoms with E-state index in [2.05, 4.69) is 10.3 Å². The van der Waals surface area contributed by atoms with Gasteiger partial charge in [0.2, 0.25) is 0 Å². The minimum atomic E-state index is -0.277. The third kappa shape index (κ3) is 2.67. The Morgan fingerprint density at radius 1 is 1.24 bits per heavy atom. The lowest BCUT2D eigenvalue weighted by Crippen LogP contribution is -2.12. The first-order valence-electron chi connectivity index (χ1n) is 5.02. The first-order chi connectivity index (χ1) is 8.29. The Balaban J connectivity index is 2.18. The van der Waals surface area contributed by atoms with E-state index >= 15 is 0 Å². The molecule has 1 N–H and O–H groups in total. The van der Waals surface area contributed by atoms with E-state index in [1.165, 1.54) is 6.07 Å². The van der Waals surface area contributed by atoms with Gasteiger partial charge in [-0.2, -0.15) is 5.26 Å². The Bertz CT molecular complexity index is 573. The number of hydrogen-bond acceptors (Lipinski definition) is 3. The average molecular weight is 223 g/mol. The van der Waals surface area contributed by atoms with Crippen molar-refractivity contribution in [3.63, 3.8) is 0 Å². The van der Waals surface area contributed by atoms with Crippen molar-refractivity contribution in [1.82, 2.24) is 4.98 Å². The van der Waals surface area contributed by atoms with Crippen LogP contribution >= 0.6 is 0 Å². The molecule has 0 spiro atoms. The lowest BCUT2D eigenvalue weighted by Gasteiger charge is -2.03. The monoisotopic (exact) mass is 223 g/mol. The molecule has 0 saturated heterocycles. The van der Waals surface area contributed by atoms with Crippen LogP contribution in [0, 0.1) is 11.3 Å². The molecule has 0 aliphatic carbocycles. The second-order valence-electron chi connectivity index (χ2n) is 3.36. The van der Waals surface area contributed by atoms with Crippen LogP contribution in [0.3, 0.4) is 0 Å². The van der Waals surface area contributed by atoms with E-state index in [0.717, 1.165) is 0 Å². The highest BCUT2D eigenvalue weighted by Crippen LogP contribution is 2.07. The maximum atomic E-state index is 11.8. The molecule has 1 amide bonds. The third-order valence-electron chi connectivity index (χ3n) is 2.16. The summed E-state index contributed by atoms with van der Waals surface area (Å²) in [6.45, 7) is 0. The summed E-state index contributed by atoms with van der Waals surface area (Å²) in [6.07, 6.45) is 1.60. The van der Waals surface area contributed by atoms with Crippen LogP contribution in [-0.4, -0.2) is 10.9 Å². The van der Waals surface area contributed by atoms with Crippen LogP contribution in [0.2, 0.25) is 0 Å². The van der Waals surface area contributed by atoms with Gasteiger partial charge in [-0.1, -0.05) is 12.1 Å². The summed E-state index contributed by atoms with van der Waals surface area (Å²) in [5.74, 6) is 0.209. The quantitative estimate of drug-likeness (QED) is 0.848. The minimum absolute atomic E-state index is 0.277. The first kappa shape index (κ1) is 10.8. The number of nitrogens with zero attached hydrogens (tertiary/aromatic N) is 2. The molecule has 0 aliphatic heterocycles. The minimum Gasteiger partial charge on any atom is -0.307 e. The highest BCUT2D eigenvalue weighted by atomic mass is 16.1. The Labute approximate surface area is 98.5 Å². The molecule has 0 atom stereocenters. The fourth-order valence-electron chi connectivity index (χ4n) is 1.36. The normalized spacial score (nSPS) is 9.35. The Morgan fingerprint density at radius 2 is 2.12 bits per heavy atom. The molecule has 82 valence electrons. The lowest BCUT2D eigenvalue weighted by atomic mass is 10.1. The highest BCUT2D eigenvalue weighted by molar-refractivity contribution is 6.03. The largest absolute Gasteiger partial charge is 0.307 e. The van der Waals surface area contributed by atoms with Gasteiger partial charge in [0.1, 0.15) is 5.82 Å². The zero-order chi connectivity index (χ0) is 12.1. The third-order valence-corrected chi connectivity index (χ3v) is 2.16. The van der Waals surface area contributed by atoms with Crippen molar-refractivity contribution < 1.29 is 4.79 Å². The van der Waals surface area contributed by atoms with Crippen LogP contribution in [0.25, 0.3) is 0 Å². The predicted octanol–water partition coefficient (Wildman–Crippen LogP) is 2.21. The number of hydrogen-bond donors (Lipinski definition) is 1. The molecule has 2 rings (SSSR count). The number of pyridine rings is 1. The van der Waals surface area contributed by atoms with E-state index in [0.29, 0.717) is 16.9 Å². The summed E-state index contributed by atoms with van der Waals surface area (Å²) in [5, 5.41) is 11.4. The van der Waals surface area contributed by atoms with Crippen LogP contribution in [0.4, 0.5) is 5.82 Å². The zero-order valence-corrected chi connectivity index (χ0v) is 8.92. The molecule has 0 bridgehead atoms. The van der Waals surface area contributed by atoms with Gasteiger partial charge in [-0.25, -0.2) is 4.98 Å². The molecular formula is C13H9N3O. The number of anilines is 1. The molecule has 0 radical (unpaired) electrons. The fourth-order valence-corrected chi connectivity index (χ4v) is 1.36. The average Bonchev–Trinajstić information content (AvgIpc) is 2.40. The molecule has 2 aromatic rings. The van der Waals surface area contributed by atoms with Crippen molar-refractivity contribution >= 4 is 11.7 Å². The van der Waals surface area contributed by atoms with E-state index in [9.17, 15) is 4.79 Å². The maximum Gasteiger partial charge on any atom is 0.256 e. The number of carbonyl (C=O) groups is 1. The van der Waals surface area contributed by atoms with Gasteiger partial charge in [-0.3, -0.25) is 4.79 Å². The second kappa shape index (κ2) is 4.90. The van der Waals surface area contributed by atoms with Crippen LogP contribution in [0.1, 0.15) is 15.9 Å². The second-order valence-corrected chi connectivity index (χ2v) is 3.36. The van der Waals surface area contributed by atoms with Gasteiger partial charge < -0.3 is 5.32 Å². The summed E-state index contributed by atoms with van der Waals surface area (Å²) in [7, 11) is 0. The van der Waals surface area contributed by atoms with Crippen LogP contribution in [0.5, 0.6) is 0 Å². The molecule has 0 aliphatic rings. The van der Waals surface area contributed by atoms with Crippen molar-refractivity contribution in [1.29, 1.82) is 5.26 Å². The van der Waals surface area contributed by atoms with Gasteiger partial charge >= 0.3 is 0 Å². The predicted molar refractivity (Wildman–Crippen MR) is 63.3 cm³/mol. The molecule has 4 nitrogen and oxygen atoms in total. The van der Waals surface area contributed by atoms with Gasteiger partial charge in [0.25, 0.3) is 5.91 Å². The van der Waals surface area contributed by atoms with E-state index in [-0.39, 0.29) is 5.91 Å². The van der Waals surface area contributed by atoms with E-state index in [1.54, 1.807) is 42.6 Å². The molecular weight excluding hydrogens is 214 g/mol. The Kier molecular flexibility index (Phi) is 3.13. The van der Waals surface area contributed by atoms with Gasteiger partial charge in [0.05, 0.1) is 11.6 Å². The molecule has 0 fully saturated rings. The molecule has 1 heterocycles. The molecule has 17 heavy (non-hydrogen) atoms. The number of carbonyl (C=O) groups excluding carboxylic acids is 1. The maximum absolute atomic E-state index is 11.8. The van der Waals surface area contributed by atoms with Crippen molar-refractivity contribution in [2.45, 2.75) is 0 Å². The number of nitriles is 1. The van der Waals surface area contributed by atoms with Gasteiger partial charge in [-0.05, 0) is 30.3 Å². The molecule has 0 saturated carbocycles. The first-order valence-corrected chi connectivity index (χ1v) is 5.02. The van der Waals surface area contributed by atoms with Crippen molar-refractivity contribution in [2.24, 2.45) is 0 Å². The van der Waals surface area contributed by atoms with Gasteiger partial charge in [-0.15, -0.1) is 0 Å². The van der Waals surface area contributed by atoms with E-state index in [4.69, 9.17) is 5.26 Å². The summed E-state index contributed by atoms with van der Waals surface area (Å²) < 4.78 is 0. The molecule has 1 aromatic carbocycles. The molecule has 4 heteroatoms. The number of aromatic nitrogens is 1. The number of nitrogens with one attached hydrogen (secondary N) is 1. The Hall–Kier alpha value is -2.67. The SMILES string of the molecule is N#Cc1cccc(C(=O)Nc2ccccn2)c1. The summed E-state index contributed by atoms with van der Waals surface area (Å²) in [6, 6.07) is 13.8. The standard InChI is InChI=1S/C13H9N3O/c14-9-10-4-3-5-11(8-10)13(17)16-12-6-1-2-7-15-12/h1-8H,(H,15,16,17). The topological polar surface area (TPSA) is 65.8 Å². The smallest absolute Gasteiger partial charge is 0.256 e. The van der Waals surface area contributed by atoms with Crippen molar-refractivity contribution in [3.8, 4) is 6.07 Å². The summed E-state index contributed by atoms with van der Waals surface area (Å²) in [4.78, 5) is 15.8. The molecule has 0 unspecified atom stereocenters. The molecule has 1 aromatic heterocycles. The fraction of sp³-hybridized carbons (Fsp3) is 0. The van der Waals surface area contributed by atoms with Crippen LogP contribution < -0.4 is 5.32 Å². The highest BCUT2D eigenvalue weighted by Gasteiger charge is 2.06. The summed E-state index contributed by atoms with van der Waals surface area (Å²) >= 11 is 0. The lowest BCUT2D eigenvalue weighted by molar-refractivity contribution is 0.102. The van der Waals surface area contributed by atoms with E-state index < -0.39 is 0 Å². The Morgan fingerprint density at radius 3 is 2.82 bits per heavy atom. The van der Waals surface area contributed by atoms with Crippen LogP contribution in [-0.2, 0) is 0 Å². The number of amides is 1. The summed E-state index contributed by atoms with van der Waals surface area (Å²) in [5.41, 5.74) is 0.897. The van der Waals surface area contributed by atoms with E-state index in [1.807, 2.05) is 6.07 Å². The zero-order valence-electron chi connectivity index (χ0n) is 8.92. The van der Waals surface area contributed by atoms with Gasteiger partial charge in [0, 0.05) is 11.8 Å². The van der Waals surface area contributed by atoms with Crippen LogP contribution in [0.15, 0.2) is 48.7 Å². The van der Waals surface area contributed by atoms with Gasteiger partial charge in [0.15, 0.2) is 0 Å². The number of rotatable bonds is 2. The number of benzene rings is 1.